The van der Waals surface area contributed by atoms with Crippen LogP contribution in [-0.2, 0) is 0 Å². The maximum atomic E-state index is 6.04. The Kier molecular flexibility index (Phi) is 3.95. The van der Waals surface area contributed by atoms with E-state index in [1.54, 1.807) is 0 Å². The van der Waals surface area contributed by atoms with Gasteiger partial charge in [0.1, 0.15) is 5.75 Å². The van der Waals surface area contributed by atoms with E-state index in [1.165, 1.54) is 5.56 Å². The van der Waals surface area contributed by atoms with Crippen molar-refractivity contribution >= 4 is 17.1 Å². The zero-order valence-corrected chi connectivity index (χ0v) is 11.7. The molecule has 2 aromatic rings. The van der Waals surface area contributed by atoms with Gasteiger partial charge in [0, 0.05) is 12.7 Å². The Hall–Kier alpha value is -2.16. The molecule has 0 radical (unpaired) electrons. The fourth-order valence-electron chi connectivity index (χ4n) is 2.02. The van der Waals surface area contributed by atoms with Gasteiger partial charge in [-0.1, -0.05) is 6.07 Å². The summed E-state index contributed by atoms with van der Waals surface area (Å²) in [4.78, 5) is 2.08. The highest BCUT2D eigenvalue weighted by atomic mass is 16.5. The molecule has 0 unspecified atom stereocenters. The Bertz CT molecular complexity index is 549. The Balaban J connectivity index is 2.27. The second-order valence-corrected chi connectivity index (χ2v) is 4.55. The molecule has 0 fully saturated rings. The van der Waals surface area contributed by atoms with Gasteiger partial charge in [0.15, 0.2) is 0 Å². The summed E-state index contributed by atoms with van der Waals surface area (Å²) in [6.07, 6.45) is 0. The first-order valence-corrected chi connectivity index (χ1v) is 6.44. The number of ether oxygens (including phenoxy) is 1. The van der Waals surface area contributed by atoms with Gasteiger partial charge < -0.3 is 15.4 Å². The predicted molar refractivity (Wildman–Crippen MR) is 81.3 cm³/mol. The van der Waals surface area contributed by atoms with Crippen LogP contribution in [0, 0.1) is 6.92 Å². The van der Waals surface area contributed by atoms with Crippen molar-refractivity contribution in [2.45, 2.75) is 13.8 Å². The van der Waals surface area contributed by atoms with E-state index in [1.807, 2.05) is 50.4 Å². The summed E-state index contributed by atoms with van der Waals surface area (Å²) in [7, 11) is 2.01. The van der Waals surface area contributed by atoms with Crippen LogP contribution in [0.1, 0.15) is 12.5 Å². The number of benzene rings is 2. The van der Waals surface area contributed by atoms with E-state index in [0.29, 0.717) is 6.61 Å². The molecular weight excluding hydrogens is 236 g/mol. The Morgan fingerprint density at radius 3 is 2.42 bits per heavy atom. The highest BCUT2D eigenvalue weighted by Gasteiger charge is 2.08. The zero-order valence-electron chi connectivity index (χ0n) is 11.7. The molecule has 0 heterocycles. The number of nitrogen functional groups attached to an aromatic ring is 1. The Labute approximate surface area is 114 Å². The third kappa shape index (κ3) is 2.99. The molecule has 0 aliphatic heterocycles. The molecule has 2 rings (SSSR count). The molecule has 0 aliphatic rings. The topological polar surface area (TPSA) is 38.5 Å². The molecule has 3 heteroatoms. The van der Waals surface area contributed by atoms with Gasteiger partial charge in [-0.3, -0.25) is 0 Å². The van der Waals surface area contributed by atoms with Crippen molar-refractivity contribution in [2.24, 2.45) is 0 Å². The van der Waals surface area contributed by atoms with Gasteiger partial charge in [0.25, 0.3) is 0 Å². The van der Waals surface area contributed by atoms with E-state index < -0.39 is 0 Å². The second kappa shape index (κ2) is 5.65. The predicted octanol–water partition coefficient (Wildman–Crippen LogP) is 3.74. The summed E-state index contributed by atoms with van der Waals surface area (Å²) in [5, 5.41) is 0. The molecule has 2 aromatic carbocycles. The number of nitrogens with two attached hydrogens (primary N) is 1. The third-order valence-corrected chi connectivity index (χ3v) is 3.08. The minimum absolute atomic E-state index is 0.681. The molecule has 3 nitrogen and oxygen atoms in total. The van der Waals surface area contributed by atoms with Gasteiger partial charge in [-0.2, -0.15) is 0 Å². The fraction of sp³-hybridized carbons (Fsp3) is 0.250. The average molecular weight is 256 g/mol. The summed E-state index contributed by atoms with van der Waals surface area (Å²) in [5.41, 5.74) is 10.1. The number of nitrogens with zero attached hydrogens (tertiary/aromatic N) is 1. The molecule has 2 N–H and O–H groups in total. The van der Waals surface area contributed by atoms with E-state index >= 15 is 0 Å². The largest absolute Gasteiger partial charge is 0.494 e. The molecule has 0 amide bonds. The van der Waals surface area contributed by atoms with Crippen LogP contribution in [0.5, 0.6) is 5.75 Å². The van der Waals surface area contributed by atoms with Gasteiger partial charge in [0.05, 0.1) is 18.0 Å². The smallest absolute Gasteiger partial charge is 0.119 e. The van der Waals surface area contributed by atoms with Gasteiger partial charge in [-0.25, -0.2) is 0 Å². The van der Waals surface area contributed by atoms with Crippen LogP contribution in [-0.4, -0.2) is 13.7 Å². The third-order valence-electron chi connectivity index (χ3n) is 3.08. The first kappa shape index (κ1) is 13.3. The Morgan fingerprint density at radius 1 is 1.11 bits per heavy atom. The average Bonchev–Trinajstić information content (AvgIpc) is 2.42. The number of anilines is 3. The lowest BCUT2D eigenvalue weighted by atomic mass is 10.1. The van der Waals surface area contributed by atoms with Crippen LogP contribution < -0.4 is 15.4 Å². The maximum Gasteiger partial charge on any atom is 0.119 e. The molecule has 0 saturated carbocycles. The lowest BCUT2D eigenvalue weighted by molar-refractivity contribution is 0.340. The summed E-state index contributed by atoms with van der Waals surface area (Å²) in [5.74, 6) is 0.886. The van der Waals surface area contributed by atoms with Gasteiger partial charge in [-0.05, 0) is 55.8 Å². The summed E-state index contributed by atoms with van der Waals surface area (Å²) < 4.78 is 5.45. The van der Waals surface area contributed by atoms with E-state index in [-0.39, 0.29) is 0 Å². The number of hydrogen-bond acceptors (Lipinski definition) is 3. The quantitative estimate of drug-likeness (QED) is 0.847. The molecule has 0 bridgehead atoms. The number of rotatable bonds is 4. The molecule has 0 atom stereocenters. The van der Waals surface area contributed by atoms with Crippen molar-refractivity contribution in [2.75, 3.05) is 24.3 Å². The summed E-state index contributed by atoms with van der Waals surface area (Å²) in [6.45, 7) is 4.72. The lowest BCUT2D eigenvalue weighted by Crippen LogP contribution is -2.11. The van der Waals surface area contributed by atoms with Crippen LogP contribution in [0.3, 0.4) is 0 Å². The fourth-order valence-corrected chi connectivity index (χ4v) is 2.02. The van der Waals surface area contributed by atoms with Crippen molar-refractivity contribution in [1.29, 1.82) is 0 Å². The highest BCUT2D eigenvalue weighted by Crippen LogP contribution is 2.30. The minimum Gasteiger partial charge on any atom is -0.494 e. The summed E-state index contributed by atoms with van der Waals surface area (Å²) >= 11 is 0. The van der Waals surface area contributed by atoms with Crippen LogP contribution in [0.4, 0.5) is 17.1 Å². The van der Waals surface area contributed by atoms with Gasteiger partial charge in [-0.15, -0.1) is 0 Å². The van der Waals surface area contributed by atoms with Crippen LogP contribution >= 0.6 is 0 Å². The molecule has 100 valence electrons. The van der Waals surface area contributed by atoms with Crippen LogP contribution in [0.2, 0.25) is 0 Å². The molecule has 0 aliphatic carbocycles. The lowest BCUT2D eigenvalue weighted by Gasteiger charge is -2.22. The molecule has 0 spiro atoms. The minimum atomic E-state index is 0.681. The van der Waals surface area contributed by atoms with Crippen molar-refractivity contribution < 1.29 is 4.74 Å². The number of hydrogen-bond donors (Lipinski definition) is 1. The normalized spacial score (nSPS) is 10.3. The molecule has 0 saturated heterocycles. The van der Waals surface area contributed by atoms with Gasteiger partial charge >= 0.3 is 0 Å². The molecule has 0 aromatic heterocycles. The number of aryl methyl sites for hydroxylation is 1. The molecular formula is C16H20N2O. The maximum absolute atomic E-state index is 6.04. The van der Waals surface area contributed by atoms with E-state index in [9.17, 15) is 0 Å². The van der Waals surface area contributed by atoms with E-state index in [4.69, 9.17) is 10.5 Å². The SMILES string of the molecule is CCOc1ccc(N(C)c2cc(C)ccc2N)cc1. The van der Waals surface area contributed by atoms with Crippen molar-refractivity contribution in [3.8, 4) is 5.75 Å². The van der Waals surface area contributed by atoms with Crippen LogP contribution in [0.15, 0.2) is 42.5 Å². The van der Waals surface area contributed by atoms with Crippen molar-refractivity contribution in [3.05, 3.63) is 48.0 Å². The second-order valence-electron chi connectivity index (χ2n) is 4.55. The van der Waals surface area contributed by atoms with E-state index in [0.717, 1.165) is 22.8 Å². The standard InChI is InChI=1S/C16H20N2O/c1-4-19-14-8-6-13(7-9-14)18(3)16-11-12(2)5-10-15(16)17/h5-11H,4,17H2,1-3H3. The first-order chi connectivity index (χ1) is 9.11. The summed E-state index contributed by atoms with van der Waals surface area (Å²) in [6, 6.07) is 14.1. The van der Waals surface area contributed by atoms with Gasteiger partial charge in [0.2, 0.25) is 0 Å². The van der Waals surface area contributed by atoms with Crippen molar-refractivity contribution in [3.63, 3.8) is 0 Å². The molecule has 19 heavy (non-hydrogen) atoms. The first-order valence-electron chi connectivity index (χ1n) is 6.44. The Morgan fingerprint density at radius 2 is 1.79 bits per heavy atom. The monoisotopic (exact) mass is 256 g/mol. The van der Waals surface area contributed by atoms with E-state index in [2.05, 4.69) is 17.9 Å². The zero-order chi connectivity index (χ0) is 13.8. The van der Waals surface area contributed by atoms with Crippen molar-refractivity contribution in [1.82, 2.24) is 0 Å². The highest BCUT2D eigenvalue weighted by molar-refractivity contribution is 5.75. The van der Waals surface area contributed by atoms with Crippen LogP contribution in [0.25, 0.3) is 0 Å².